The van der Waals surface area contributed by atoms with Crippen LogP contribution in [-0.4, -0.2) is 96.3 Å². The van der Waals surface area contributed by atoms with Crippen LogP contribution in [0.25, 0.3) is 21.6 Å². The molecule has 2 fully saturated rings. The number of nitrogen functional groups attached to an aromatic ring is 1. The monoisotopic (exact) mass is 540 g/mol. The molecule has 5 heterocycles. The Bertz CT molecular complexity index is 1290. The third kappa shape index (κ3) is 5.49. The Morgan fingerprint density at radius 3 is 2.34 bits per heavy atom. The maximum atomic E-state index is 11.8. The summed E-state index contributed by atoms with van der Waals surface area (Å²) in [7, 11) is -3.15. The first-order valence-corrected chi connectivity index (χ1v) is 13.8. The Balaban J connectivity index is 0.00000289. The van der Waals surface area contributed by atoms with Gasteiger partial charge in [-0.15, -0.1) is 23.7 Å². The molecule has 2 aliphatic rings. The SMILES string of the molecule is Cc1c(CN2CCN(S(C)(=O)=O)CC2)sc2c(N3CCOCC3)nc(-c3cnc(N)nc3)nc12.Cl. The molecular weight excluding hydrogens is 512 g/mol. The third-order valence-corrected chi connectivity index (χ3v) is 8.82. The van der Waals surface area contributed by atoms with E-state index in [1.54, 1.807) is 28.0 Å². The first-order valence-electron chi connectivity index (χ1n) is 11.2. The zero-order valence-electron chi connectivity index (χ0n) is 19.7. The van der Waals surface area contributed by atoms with E-state index in [1.807, 2.05) is 0 Å². The summed E-state index contributed by atoms with van der Waals surface area (Å²) in [5.74, 6) is 1.69. The molecule has 0 bridgehead atoms. The molecule has 0 aliphatic carbocycles. The van der Waals surface area contributed by atoms with Gasteiger partial charge in [0.1, 0.15) is 0 Å². The maximum Gasteiger partial charge on any atom is 0.219 e. The quantitative estimate of drug-likeness (QED) is 0.506. The zero-order valence-corrected chi connectivity index (χ0v) is 22.1. The summed E-state index contributed by atoms with van der Waals surface area (Å²) in [6, 6.07) is 0. The van der Waals surface area contributed by atoms with Crippen molar-refractivity contribution in [2.45, 2.75) is 13.5 Å². The van der Waals surface area contributed by atoms with E-state index in [0.29, 0.717) is 45.2 Å². The van der Waals surface area contributed by atoms with Gasteiger partial charge in [0.2, 0.25) is 16.0 Å². The lowest BCUT2D eigenvalue weighted by Crippen LogP contribution is -2.47. The van der Waals surface area contributed by atoms with Gasteiger partial charge in [0, 0.05) is 63.1 Å². The summed E-state index contributed by atoms with van der Waals surface area (Å²) in [5.41, 5.74) is 8.44. The molecule has 3 aromatic heterocycles. The Hall–Kier alpha value is -2.16. The molecule has 3 aromatic rings. The molecule has 2 N–H and O–H groups in total. The standard InChI is InChI=1S/C21H28N8O3S2.ClH/c1-14-16(13-27-3-5-29(6-4-27)34(2,30)31)33-18-17(14)25-19(15-11-23-21(22)24-12-15)26-20(18)28-7-9-32-10-8-28;/h11-12H,3-10,13H2,1-2H3,(H2,22,23,24);1H. The van der Waals surface area contributed by atoms with Gasteiger partial charge in [-0.25, -0.2) is 28.4 Å². The van der Waals surface area contributed by atoms with Gasteiger partial charge >= 0.3 is 0 Å². The molecular formula is C21H29ClN8O3S2. The summed E-state index contributed by atoms with van der Waals surface area (Å²) in [5, 5.41) is 0. The molecule has 14 heteroatoms. The second-order valence-corrected chi connectivity index (χ2v) is 11.7. The van der Waals surface area contributed by atoms with Crippen molar-refractivity contribution in [3.05, 3.63) is 22.8 Å². The van der Waals surface area contributed by atoms with Crippen LogP contribution in [0.5, 0.6) is 0 Å². The van der Waals surface area contributed by atoms with Gasteiger partial charge in [0.25, 0.3) is 0 Å². The van der Waals surface area contributed by atoms with Crippen LogP contribution in [0.1, 0.15) is 10.4 Å². The number of nitrogens with two attached hydrogens (primary N) is 1. The van der Waals surface area contributed by atoms with E-state index >= 15 is 0 Å². The third-order valence-electron chi connectivity index (χ3n) is 6.25. The minimum absolute atomic E-state index is 0. The molecule has 0 spiro atoms. The fourth-order valence-electron chi connectivity index (χ4n) is 4.26. The minimum atomic E-state index is -3.15. The fraction of sp³-hybridized carbons (Fsp3) is 0.524. The van der Waals surface area contributed by atoms with Gasteiger partial charge in [0.15, 0.2) is 11.6 Å². The van der Waals surface area contributed by atoms with E-state index < -0.39 is 10.0 Å². The number of morpholine rings is 1. The van der Waals surface area contributed by atoms with E-state index in [2.05, 4.69) is 26.7 Å². The number of halogens is 1. The van der Waals surface area contributed by atoms with Crippen molar-refractivity contribution < 1.29 is 13.2 Å². The number of sulfonamides is 1. The Kier molecular flexibility index (Phi) is 7.74. The number of aromatic nitrogens is 4. The molecule has 2 aliphatic heterocycles. The van der Waals surface area contributed by atoms with Crippen LogP contribution in [0.3, 0.4) is 0 Å². The van der Waals surface area contributed by atoms with Crippen molar-refractivity contribution in [3.8, 4) is 11.4 Å². The van der Waals surface area contributed by atoms with Crippen molar-refractivity contribution in [1.29, 1.82) is 0 Å². The lowest BCUT2D eigenvalue weighted by molar-refractivity contribution is 0.122. The lowest BCUT2D eigenvalue weighted by Gasteiger charge is -2.33. The number of ether oxygens (including phenoxy) is 1. The number of hydrogen-bond donors (Lipinski definition) is 1. The summed E-state index contributed by atoms with van der Waals surface area (Å²) in [6.07, 6.45) is 4.57. The maximum absolute atomic E-state index is 11.8. The first-order chi connectivity index (χ1) is 16.3. The summed E-state index contributed by atoms with van der Waals surface area (Å²) in [6.45, 7) is 8.15. The number of thiophene rings is 1. The summed E-state index contributed by atoms with van der Waals surface area (Å²) in [4.78, 5) is 23.8. The summed E-state index contributed by atoms with van der Waals surface area (Å²) >= 11 is 1.72. The molecule has 190 valence electrons. The predicted octanol–water partition coefficient (Wildman–Crippen LogP) is 1.37. The number of aryl methyl sites for hydroxylation is 1. The topological polar surface area (TPSA) is 131 Å². The highest BCUT2D eigenvalue weighted by molar-refractivity contribution is 7.88. The Morgan fingerprint density at radius 2 is 1.71 bits per heavy atom. The van der Waals surface area contributed by atoms with Crippen molar-refractivity contribution in [3.63, 3.8) is 0 Å². The van der Waals surface area contributed by atoms with Gasteiger partial charge < -0.3 is 15.4 Å². The highest BCUT2D eigenvalue weighted by Crippen LogP contribution is 2.38. The van der Waals surface area contributed by atoms with Crippen LogP contribution in [0.15, 0.2) is 12.4 Å². The van der Waals surface area contributed by atoms with Gasteiger partial charge in [-0.3, -0.25) is 4.90 Å². The van der Waals surface area contributed by atoms with E-state index in [0.717, 1.165) is 46.8 Å². The van der Waals surface area contributed by atoms with Crippen molar-refractivity contribution >= 4 is 55.7 Å². The molecule has 0 aromatic carbocycles. The van der Waals surface area contributed by atoms with Crippen LogP contribution < -0.4 is 10.6 Å². The Labute approximate surface area is 214 Å². The second kappa shape index (κ2) is 10.4. The average Bonchev–Trinajstić information content (AvgIpc) is 3.14. The van der Waals surface area contributed by atoms with Crippen LogP contribution in [0.4, 0.5) is 11.8 Å². The van der Waals surface area contributed by atoms with Crippen LogP contribution >= 0.6 is 23.7 Å². The van der Waals surface area contributed by atoms with Crippen LogP contribution in [-0.2, 0) is 21.3 Å². The largest absolute Gasteiger partial charge is 0.378 e. The van der Waals surface area contributed by atoms with Gasteiger partial charge in [-0.2, -0.15) is 4.31 Å². The molecule has 0 radical (unpaired) electrons. The number of hydrogen-bond acceptors (Lipinski definition) is 11. The Morgan fingerprint density at radius 1 is 1.06 bits per heavy atom. The first kappa shape index (κ1) is 25.9. The van der Waals surface area contributed by atoms with Gasteiger partial charge in [0.05, 0.1) is 35.2 Å². The van der Waals surface area contributed by atoms with E-state index in [9.17, 15) is 8.42 Å². The van der Waals surface area contributed by atoms with Gasteiger partial charge in [-0.1, -0.05) is 0 Å². The highest BCUT2D eigenvalue weighted by Gasteiger charge is 2.26. The average molecular weight is 541 g/mol. The van der Waals surface area contributed by atoms with Crippen LogP contribution in [0, 0.1) is 6.92 Å². The lowest BCUT2D eigenvalue weighted by atomic mass is 10.2. The molecule has 35 heavy (non-hydrogen) atoms. The zero-order chi connectivity index (χ0) is 23.9. The normalized spacial score (nSPS) is 18.1. The molecule has 0 atom stereocenters. The molecule has 2 saturated heterocycles. The van der Waals surface area contributed by atoms with Crippen molar-refractivity contribution in [2.24, 2.45) is 0 Å². The van der Waals surface area contributed by atoms with Crippen molar-refractivity contribution in [1.82, 2.24) is 29.1 Å². The molecule has 5 rings (SSSR count). The molecule has 0 amide bonds. The van der Waals surface area contributed by atoms with Crippen molar-refractivity contribution in [2.75, 3.05) is 69.4 Å². The summed E-state index contributed by atoms with van der Waals surface area (Å²) < 4.78 is 31.8. The smallest absolute Gasteiger partial charge is 0.219 e. The number of nitrogens with zero attached hydrogens (tertiary/aromatic N) is 7. The van der Waals surface area contributed by atoms with E-state index in [-0.39, 0.29) is 18.4 Å². The second-order valence-electron chi connectivity index (χ2n) is 8.57. The number of piperazine rings is 1. The molecule has 0 saturated carbocycles. The molecule has 11 nitrogen and oxygen atoms in total. The highest BCUT2D eigenvalue weighted by atomic mass is 35.5. The van der Waals surface area contributed by atoms with E-state index in [1.165, 1.54) is 11.1 Å². The predicted molar refractivity (Wildman–Crippen MR) is 140 cm³/mol. The minimum Gasteiger partial charge on any atom is -0.378 e. The number of rotatable bonds is 5. The number of fused-ring (bicyclic) bond motifs is 1. The fourth-order valence-corrected chi connectivity index (χ4v) is 6.40. The number of anilines is 2. The van der Waals surface area contributed by atoms with Gasteiger partial charge in [-0.05, 0) is 12.5 Å². The van der Waals surface area contributed by atoms with E-state index in [4.69, 9.17) is 20.4 Å². The molecule has 0 unspecified atom stereocenters. The van der Waals surface area contributed by atoms with Crippen LogP contribution in [0.2, 0.25) is 0 Å².